The van der Waals surface area contributed by atoms with Crippen LogP contribution < -0.4 is 14.8 Å². The van der Waals surface area contributed by atoms with E-state index in [0.717, 1.165) is 49.7 Å². The van der Waals surface area contributed by atoms with E-state index in [2.05, 4.69) is 19.2 Å². The predicted octanol–water partition coefficient (Wildman–Crippen LogP) is 5.71. The molecule has 2 aliphatic rings. The van der Waals surface area contributed by atoms with Gasteiger partial charge in [-0.05, 0) is 67.2 Å². The first-order chi connectivity index (χ1) is 17.8. The van der Waals surface area contributed by atoms with E-state index in [4.69, 9.17) is 14.2 Å². The maximum atomic E-state index is 12.9. The number of carbonyl (C=O) groups is 2. The van der Waals surface area contributed by atoms with E-state index >= 15 is 0 Å². The van der Waals surface area contributed by atoms with Gasteiger partial charge in [0, 0.05) is 19.6 Å². The number of likely N-dealkylation sites (tertiary alicyclic amines) is 1. The molecule has 0 spiro atoms. The number of ether oxygens (including phenoxy) is 3. The number of piperidine rings is 1. The number of rotatable bonds is 8. The van der Waals surface area contributed by atoms with Gasteiger partial charge in [0.05, 0.1) is 13.0 Å². The van der Waals surface area contributed by atoms with Gasteiger partial charge in [-0.25, -0.2) is 4.79 Å². The van der Waals surface area contributed by atoms with Crippen LogP contribution in [0.3, 0.4) is 0 Å². The summed E-state index contributed by atoms with van der Waals surface area (Å²) in [5.41, 5.74) is 2.33. The van der Waals surface area contributed by atoms with Crippen molar-refractivity contribution in [1.29, 1.82) is 0 Å². The zero-order valence-electron chi connectivity index (χ0n) is 22.3. The average molecular weight is 509 g/mol. The number of amides is 2. The van der Waals surface area contributed by atoms with Crippen LogP contribution in [0.2, 0.25) is 0 Å². The molecule has 37 heavy (non-hydrogen) atoms. The third kappa shape index (κ3) is 7.63. The van der Waals surface area contributed by atoms with Gasteiger partial charge in [0.1, 0.15) is 12.7 Å². The summed E-state index contributed by atoms with van der Waals surface area (Å²) in [7, 11) is 1.61. The summed E-state index contributed by atoms with van der Waals surface area (Å²) in [6, 6.07) is 15.6. The molecule has 2 aromatic rings. The van der Waals surface area contributed by atoms with Gasteiger partial charge >= 0.3 is 6.09 Å². The van der Waals surface area contributed by atoms with Crippen molar-refractivity contribution in [3.8, 4) is 11.5 Å². The highest BCUT2D eigenvalue weighted by atomic mass is 16.6. The van der Waals surface area contributed by atoms with Gasteiger partial charge in [0.2, 0.25) is 5.91 Å². The van der Waals surface area contributed by atoms with Crippen molar-refractivity contribution in [2.24, 2.45) is 11.3 Å². The Kier molecular flexibility index (Phi) is 8.95. The average Bonchev–Trinajstić information content (AvgIpc) is 2.92. The molecule has 1 saturated heterocycles. The van der Waals surface area contributed by atoms with Crippen LogP contribution in [0.15, 0.2) is 48.5 Å². The lowest BCUT2D eigenvalue weighted by Crippen LogP contribution is -2.46. The fraction of sp³-hybridized carbons (Fsp3) is 0.533. The minimum Gasteiger partial charge on any atom is -0.493 e. The number of methoxy groups -OCH3 is 1. The summed E-state index contributed by atoms with van der Waals surface area (Å²) in [6.45, 7) is 6.41. The SMILES string of the molecule is COc1cc(CNC(=O)C2CCCN(C(=O)OC3CCC(C)(C)CC3)C2)ccc1OCc1ccccc1. The third-order valence-electron chi connectivity index (χ3n) is 7.54. The normalized spacial score (nSPS) is 19.6. The van der Waals surface area contributed by atoms with Gasteiger partial charge < -0.3 is 24.4 Å². The molecule has 7 nitrogen and oxygen atoms in total. The fourth-order valence-corrected chi connectivity index (χ4v) is 5.07. The number of hydrogen-bond donors (Lipinski definition) is 1. The molecule has 2 fully saturated rings. The Hall–Kier alpha value is -3.22. The molecule has 0 bridgehead atoms. The van der Waals surface area contributed by atoms with Crippen molar-refractivity contribution < 1.29 is 23.8 Å². The van der Waals surface area contributed by atoms with Crippen LogP contribution in [0, 0.1) is 11.3 Å². The molecular weight excluding hydrogens is 468 g/mol. The minimum atomic E-state index is -0.280. The Labute approximate surface area is 220 Å². The van der Waals surface area contributed by atoms with Crippen LogP contribution >= 0.6 is 0 Å². The monoisotopic (exact) mass is 508 g/mol. The van der Waals surface area contributed by atoms with Gasteiger partial charge in [-0.3, -0.25) is 4.79 Å². The molecule has 0 radical (unpaired) electrons. The Morgan fingerprint density at radius 3 is 2.49 bits per heavy atom. The highest BCUT2D eigenvalue weighted by Crippen LogP contribution is 2.36. The number of carbonyl (C=O) groups excluding carboxylic acids is 2. The smallest absolute Gasteiger partial charge is 0.410 e. The van der Waals surface area contributed by atoms with Crippen molar-refractivity contribution in [3.63, 3.8) is 0 Å². The highest BCUT2D eigenvalue weighted by Gasteiger charge is 2.33. The van der Waals surface area contributed by atoms with E-state index < -0.39 is 0 Å². The molecule has 2 amide bonds. The zero-order chi connectivity index (χ0) is 26.3. The second-order valence-electron chi connectivity index (χ2n) is 11.0. The van der Waals surface area contributed by atoms with Crippen molar-refractivity contribution in [3.05, 3.63) is 59.7 Å². The lowest BCUT2D eigenvalue weighted by atomic mass is 9.76. The largest absolute Gasteiger partial charge is 0.493 e. The number of hydrogen-bond acceptors (Lipinski definition) is 5. The molecule has 1 aliphatic heterocycles. The van der Waals surface area contributed by atoms with Gasteiger partial charge in [0.25, 0.3) is 0 Å². The first-order valence-electron chi connectivity index (χ1n) is 13.4. The van der Waals surface area contributed by atoms with Crippen molar-refractivity contribution >= 4 is 12.0 Å². The number of nitrogens with one attached hydrogen (secondary N) is 1. The quantitative estimate of drug-likeness (QED) is 0.494. The van der Waals surface area contributed by atoms with Crippen LogP contribution in [0.4, 0.5) is 4.79 Å². The lowest BCUT2D eigenvalue weighted by Gasteiger charge is -2.36. The molecule has 1 aliphatic carbocycles. The van der Waals surface area contributed by atoms with Crippen LogP contribution in [0.25, 0.3) is 0 Å². The maximum Gasteiger partial charge on any atom is 0.410 e. The number of nitrogens with zero attached hydrogens (tertiary/aromatic N) is 1. The van der Waals surface area contributed by atoms with E-state index in [0.29, 0.717) is 43.2 Å². The second-order valence-corrected chi connectivity index (χ2v) is 11.0. The summed E-state index contributed by atoms with van der Waals surface area (Å²) in [5.74, 6) is 1.01. The highest BCUT2D eigenvalue weighted by molar-refractivity contribution is 5.80. The predicted molar refractivity (Wildman–Crippen MR) is 142 cm³/mol. The number of benzene rings is 2. The molecular formula is C30H40N2O5. The summed E-state index contributed by atoms with van der Waals surface area (Å²) >= 11 is 0. The molecule has 1 heterocycles. The summed E-state index contributed by atoms with van der Waals surface area (Å²) in [6.07, 6.45) is 5.24. The molecule has 7 heteroatoms. The second kappa shape index (κ2) is 12.3. The topological polar surface area (TPSA) is 77.1 Å². The molecule has 0 aromatic heterocycles. The summed E-state index contributed by atoms with van der Waals surface area (Å²) in [4.78, 5) is 27.4. The molecule has 4 rings (SSSR count). The van der Waals surface area contributed by atoms with E-state index in [1.54, 1.807) is 12.0 Å². The Morgan fingerprint density at radius 2 is 1.76 bits per heavy atom. The zero-order valence-corrected chi connectivity index (χ0v) is 22.3. The van der Waals surface area contributed by atoms with Gasteiger partial charge in [-0.2, -0.15) is 0 Å². The Bertz CT molecular complexity index is 1050. The van der Waals surface area contributed by atoms with Crippen molar-refractivity contribution in [2.75, 3.05) is 20.2 Å². The van der Waals surface area contributed by atoms with Crippen LogP contribution in [0.1, 0.15) is 63.5 Å². The van der Waals surface area contributed by atoms with E-state index in [-0.39, 0.29) is 24.0 Å². The van der Waals surface area contributed by atoms with Gasteiger partial charge in [0.15, 0.2) is 11.5 Å². The summed E-state index contributed by atoms with van der Waals surface area (Å²) in [5, 5.41) is 3.03. The molecule has 2 aromatic carbocycles. The van der Waals surface area contributed by atoms with E-state index in [1.807, 2.05) is 48.5 Å². The first kappa shape index (κ1) is 26.8. The minimum absolute atomic E-state index is 0.00986. The Morgan fingerprint density at radius 1 is 1.00 bits per heavy atom. The van der Waals surface area contributed by atoms with Crippen LogP contribution in [-0.4, -0.2) is 43.2 Å². The van der Waals surface area contributed by atoms with Crippen molar-refractivity contribution in [2.45, 2.75) is 71.6 Å². The third-order valence-corrected chi connectivity index (χ3v) is 7.54. The maximum absolute atomic E-state index is 12.9. The van der Waals surface area contributed by atoms with Crippen LogP contribution in [-0.2, 0) is 22.7 Å². The Balaban J connectivity index is 1.25. The summed E-state index contributed by atoms with van der Waals surface area (Å²) < 4.78 is 17.2. The molecule has 1 saturated carbocycles. The van der Waals surface area contributed by atoms with Crippen molar-refractivity contribution in [1.82, 2.24) is 10.2 Å². The standard InChI is InChI=1S/C30H40N2O5/c1-30(2)15-13-25(14-16-30)37-29(34)32-17-7-10-24(20-32)28(33)31-19-23-11-12-26(27(18-23)35-3)36-21-22-8-5-4-6-9-22/h4-6,8-9,11-12,18,24-25H,7,10,13-17,19-21H2,1-3H3,(H,31,33). The first-order valence-corrected chi connectivity index (χ1v) is 13.4. The van der Waals surface area contributed by atoms with E-state index in [9.17, 15) is 9.59 Å². The van der Waals surface area contributed by atoms with E-state index in [1.165, 1.54) is 0 Å². The molecule has 200 valence electrons. The van der Waals surface area contributed by atoms with Crippen LogP contribution in [0.5, 0.6) is 11.5 Å². The molecule has 1 N–H and O–H groups in total. The lowest BCUT2D eigenvalue weighted by molar-refractivity contribution is -0.126. The molecule has 1 unspecified atom stereocenters. The van der Waals surface area contributed by atoms with Gasteiger partial charge in [-0.15, -0.1) is 0 Å². The fourth-order valence-electron chi connectivity index (χ4n) is 5.07. The molecule has 1 atom stereocenters. The van der Waals surface area contributed by atoms with Gasteiger partial charge in [-0.1, -0.05) is 50.2 Å².